The Hall–Kier alpha value is -0.880. The number of hydrogen-bond acceptors (Lipinski definition) is 3. The smallest absolute Gasteiger partial charge is 0.338 e. The average Bonchev–Trinajstić information content (AvgIpc) is 1.87. The minimum Gasteiger partial charge on any atom is -0.480 e. The standard InChI is InChI=1S/C5H8FNO4.ClH/c6-2(4(8)9)1-3(7)5(10)11;/h2-3H,1,7H2,(H,8,9)(H,10,11);1H/t2-,3-;/m0./s1. The maximum atomic E-state index is 12.2. The molecule has 0 saturated heterocycles. The maximum absolute atomic E-state index is 12.2. The van der Waals surface area contributed by atoms with Gasteiger partial charge in [-0.05, 0) is 0 Å². The monoisotopic (exact) mass is 201 g/mol. The number of carbonyl (C=O) groups is 2. The Labute approximate surface area is 73.8 Å². The van der Waals surface area contributed by atoms with E-state index in [1.54, 1.807) is 0 Å². The zero-order valence-electron chi connectivity index (χ0n) is 5.94. The first kappa shape index (κ1) is 13.7. The quantitative estimate of drug-likeness (QED) is 0.576. The lowest BCUT2D eigenvalue weighted by molar-refractivity contribution is -0.144. The lowest BCUT2D eigenvalue weighted by Crippen LogP contribution is -2.35. The van der Waals surface area contributed by atoms with Gasteiger partial charge in [0, 0.05) is 6.42 Å². The van der Waals surface area contributed by atoms with Gasteiger partial charge in [0.25, 0.3) is 0 Å². The van der Waals surface area contributed by atoms with Crippen molar-refractivity contribution in [3.05, 3.63) is 0 Å². The van der Waals surface area contributed by atoms with E-state index < -0.39 is 30.6 Å². The van der Waals surface area contributed by atoms with Gasteiger partial charge in [-0.15, -0.1) is 12.4 Å². The van der Waals surface area contributed by atoms with E-state index in [1.807, 2.05) is 0 Å². The van der Waals surface area contributed by atoms with Gasteiger partial charge in [-0.1, -0.05) is 0 Å². The molecule has 72 valence electrons. The Kier molecular flexibility index (Phi) is 6.54. The molecule has 0 aliphatic rings. The Morgan fingerprint density at radius 3 is 2.00 bits per heavy atom. The van der Waals surface area contributed by atoms with Crippen LogP contribution in [0.4, 0.5) is 4.39 Å². The van der Waals surface area contributed by atoms with Crippen LogP contribution in [0.1, 0.15) is 6.42 Å². The highest BCUT2D eigenvalue weighted by Gasteiger charge is 2.23. The largest absolute Gasteiger partial charge is 0.480 e. The van der Waals surface area contributed by atoms with Crippen LogP contribution < -0.4 is 5.73 Å². The van der Waals surface area contributed by atoms with Crippen molar-refractivity contribution in [1.82, 2.24) is 0 Å². The van der Waals surface area contributed by atoms with Crippen molar-refractivity contribution in [2.45, 2.75) is 18.6 Å². The zero-order valence-corrected chi connectivity index (χ0v) is 6.75. The molecule has 0 aliphatic heterocycles. The van der Waals surface area contributed by atoms with Gasteiger partial charge >= 0.3 is 11.9 Å². The first-order chi connectivity index (χ1) is 4.95. The summed E-state index contributed by atoms with van der Waals surface area (Å²) in [5, 5.41) is 16.1. The van der Waals surface area contributed by atoms with Crippen molar-refractivity contribution in [3.63, 3.8) is 0 Å². The number of aliphatic carboxylic acids is 2. The van der Waals surface area contributed by atoms with E-state index in [1.165, 1.54) is 0 Å². The molecule has 0 saturated carbocycles. The molecule has 5 nitrogen and oxygen atoms in total. The van der Waals surface area contributed by atoms with Crippen molar-refractivity contribution < 1.29 is 24.2 Å². The van der Waals surface area contributed by atoms with Crippen molar-refractivity contribution >= 4 is 24.3 Å². The highest BCUT2D eigenvalue weighted by atomic mass is 35.5. The fourth-order valence-electron chi connectivity index (χ4n) is 0.425. The second-order valence-corrected chi connectivity index (χ2v) is 1.99. The summed E-state index contributed by atoms with van der Waals surface area (Å²) in [6.45, 7) is 0. The number of carboxylic acid groups (broad SMARTS) is 2. The van der Waals surface area contributed by atoms with Crippen LogP contribution in [-0.4, -0.2) is 34.4 Å². The predicted octanol–water partition coefficient (Wildman–Crippen LogP) is -0.367. The van der Waals surface area contributed by atoms with Crippen LogP contribution in [0.25, 0.3) is 0 Å². The van der Waals surface area contributed by atoms with E-state index in [0.717, 1.165) is 0 Å². The van der Waals surface area contributed by atoms with E-state index in [4.69, 9.17) is 15.9 Å². The van der Waals surface area contributed by atoms with Gasteiger partial charge in [-0.2, -0.15) is 0 Å². The third kappa shape index (κ3) is 4.86. The molecule has 12 heavy (non-hydrogen) atoms. The molecule has 0 fully saturated rings. The van der Waals surface area contributed by atoms with Gasteiger partial charge < -0.3 is 15.9 Å². The van der Waals surface area contributed by atoms with Crippen LogP contribution in [-0.2, 0) is 9.59 Å². The molecule has 0 aromatic rings. The molecule has 0 aliphatic carbocycles. The second-order valence-electron chi connectivity index (χ2n) is 1.99. The number of halogens is 2. The van der Waals surface area contributed by atoms with Gasteiger partial charge in [-0.25, -0.2) is 9.18 Å². The molecular formula is C5H9ClFNO4. The molecule has 0 radical (unpaired) electrons. The first-order valence-electron chi connectivity index (χ1n) is 2.80. The van der Waals surface area contributed by atoms with Crippen LogP contribution in [0.3, 0.4) is 0 Å². The Balaban J connectivity index is 0. The minimum atomic E-state index is -2.21. The molecule has 0 bridgehead atoms. The molecule has 0 amide bonds. The fourth-order valence-corrected chi connectivity index (χ4v) is 0.425. The Morgan fingerprint density at radius 2 is 1.75 bits per heavy atom. The second kappa shape index (κ2) is 5.73. The number of rotatable bonds is 4. The average molecular weight is 202 g/mol. The summed E-state index contributed by atoms with van der Waals surface area (Å²) in [7, 11) is 0. The normalized spacial score (nSPS) is 14.2. The summed E-state index contributed by atoms with van der Waals surface area (Å²) >= 11 is 0. The summed E-state index contributed by atoms with van der Waals surface area (Å²) in [6.07, 6.45) is -2.91. The molecule has 0 aromatic heterocycles. The van der Waals surface area contributed by atoms with Crippen molar-refractivity contribution in [3.8, 4) is 0 Å². The summed E-state index contributed by atoms with van der Waals surface area (Å²) in [6, 6.07) is -1.46. The van der Waals surface area contributed by atoms with E-state index in [0.29, 0.717) is 0 Å². The van der Waals surface area contributed by atoms with Crippen LogP contribution in [0.2, 0.25) is 0 Å². The third-order valence-corrected chi connectivity index (χ3v) is 1.05. The molecule has 0 heterocycles. The van der Waals surface area contributed by atoms with E-state index in [-0.39, 0.29) is 12.4 Å². The highest BCUT2D eigenvalue weighted by molar-refractivity contribution is 5.85. The molecule has 7 heteroatoms. The summed E-state index contributed by atoms with van der Waals surface area (Å²) in [5.41, 5.74) is 4.85. The van der Waals surface area contributed by atoms with E-state index in [2.05, 4.69) is 0 Å². The summed E-state index contributed by atoms with van der Waals surface area (Å²) in [4.78, 5) is 19.8. The first-order valence-corrected chi connectivity index (χ1v) is 2.80. The minimum absolute atomic E-state index is 0. The van der Waals surface area contributed by atoms with E-state index in [9.17, 15) is 14.0 Å². The molecule has 0 spiro atoms. The van der Waals surface area contributed by atoms with Gasteiger partial charge in [0.05, 0.1) is 0 Å². The van der Waals surface area contributed by atoms with Crippen LogP contribution >= 0.6 is 12.4 Å². The molecule has 0 aromatic carbocycles. The maximum Gasteiger partial charge on any atom is 0.338 e. The molecule has 0 unspecified atom stereocenters. The van der Waals surface area contributed by atoms with Gasteiger partial charge in [-0.3, -0.25) is 4.79 Å². The lowest BCUT2D eigenvalue weighted by Gasteiger charge is -2.06. The van der Waals surface area contributed by atoms with Crippen molar-refractivity contribution in [1.29, 1.82) is 0 Å². The van der Waals surface area contributed by atoms with Crippen LogP contribution in [0.5, 0.6) is 0 Å². The Bertz CT molecular complexity index is 159. The summed E-state index contributed by atoms with van der Waals surface area (Å²) in [5.74, 6) is -3.10. The predicted molar refractivity (Wildman–Crippen MR) is 40.0 cm³/mol. The lowest BCUT2D eigenvalue weighted by atomic mass is 10.1. The Morgan fingerprint density at radius 1 is 1.33 bits per heavy atom. The van der Waals surface area contributed by atoms with Crippen molar-refractivity contribution in [2.75, 3.05) is 0 Å². The van der Waals surface area contributed by atoms with Crippen molar-refractivity contribution in [2.24, 2.45) is 5.73 Å². The number of hydrogen-bond donors (Lipinski definition) is 3. The van der Waals surface area contributed by atoms with Gasteiger partial charge in [0.2, 0.25) is 0 Å². The number of alkyl halides is 1. The number of carboxylic acids is 2. The highest BCUT2D eigenvalue weighted by Crippen LogP contribution is 2.00. The number of nitrogens with two attached hydrogens (primary N) is 1. The molecule has 4 N–H and O–H groups in total. The zero-order chi connectivity index (χ0) is 9.02. The van der Waals surface area contributed by atoms with Crippen LogP contribution in [0, 0.1) is 0 Å². The SMILES string of the molecule is Cl.N[C@@H](C[C@H](F)C(=O)O)C(=O)O. The van der Waals surface area contributed by atoms with Crippen LogP contribution in [0.15, 0.2) is 0 Å². The van der Waals surface area contributed by atoms with Gasteiger partial charge in [0.15, 0.2) is 6.17 Å². The summed E-state index contributed by atoms with van der Waals surface area (Å²) < 4.78 is 12.2. The van der Waals surface area contributed by atoms with Gasteiger partial charge in [0.1, 0.15) is 6.04 Å². The fraction of sp³-hybridized carbons (Fsp3) is 0.600. The topological polar surface area (TPSA) is 101 Å². The molecule has 0 rings (SSSR count). The third-order valence-electron chi connectivity index (χ3n) is 1.05. The molecular weight excluding hydrogens is 193 g/mol. The molecule has 2 atom stereocenters. The van der Waals surface area contributed by atoms with E-state index >= 15 is 0 Å².